The summed E-state index contributed by atoms with van der Waals surface area (Å²) < 4.78 is 6.30. The van der Waals surface area contributed by atoms with Crippen molar-refractivity contribution in [2.75, 3.05) is 0 Å². The van der Waals surface area contributed by atoms with Crippen molar-refractivity contribution in [1.29, 1.82) is 5.26 Å². The van der Waals surface area contributed by atoms with Crippen LogP contribution in [0.4, 0.5) is 0 Å². The van der Waals surface area contributed by atoms with E-state index in [9.17, 15) is 0 Å². The number of hydrogen-bond acceptors (Lipinski definition) is 2. The van der Waals surface area contributed by atoms with Crippen molar-refractivity contribution in [3.8, 4) is 6.07 Å². The van der Waals surface area contributed by atoms with Gasteiger partial charge in [0.2, 0.25) is 0 Å². The molecule has 14 heavy (non-hydrogen) atoms. The molecule has 0 bridgehead atoms. The van der Waals surface area contributed by atoms with Gasteiger partial charge in [-0.2, -0.15) is 5.26 Å². The Morgan fingerprint density at radius 2 is 1.93 bits per heavy atom. The molecule has 0 aliphatic carbocycles. The van der Waals surface area contributed by atoms with E-state index in [1.54, 1.807) is 0 Å². The maximum absolute atomic E-state index is 8.78. The highest BCUT2D eigenvalue weighted by Gasteiger charge is 2.51. The third kappa shape index (κ3) is 2.10. The smallest absolute Gasteiger partial charge is 0.174 e. The molecule has 4 heteroatoms. The van der Waals surface area contributed by atoms with Gasteiger partial charge in [0.15, 0.2) is 7.83 Å². The van der Waals surface area contributed by atoms with Gasteiger partial charge in [0, 0.05) is 0 Å². The molecule has 0 radical (unpaired) electrons. The summed E-state index contributed by atoms with van der Waals surface area (Å²) >= 11 is 0. The summed E-state index contributed by atoms with van der Waals surface area (Å²) in [4.78, 5) is 0. The van der Waals surface area contributed by atoms with Crippen LogP contribution < -0.4 is 0 Å². The molecule has 1 unspecified atom stereocenters. The van der Waals surface area contributed by atoms with E-state index in [2.05, 4.69) is 39.2 Å². The van der Waals surface area contributed by atoms with Crippen LogP contribution in [0.1, 0.15) is 19.8 Å². The van der Waals surface area contributed by atoms with E-state index in [0.717, 1.165) is 6.42 Å². The predicted octanol–water partition coefficient (Wildman–Crippen LogP) is 3.07. The fourth-order valence-electron chi connectivity index (χ4n) is 1.97. The van der Waals surface area contributed by atoms with Gasteiger partial charge >= 0.3 is 0 Å². The molecule has 1 heterocycles. The van der Waals surface area contributed by atoms with Crippen LogP contribution in [0.5, 0.6) is 0 Å². The number of nitriles is 1. The largest absolute Gasteiger partial charge is 0.414 e. The first-order valence-electron chi connectivity index (χ1n) is 5.30. The van der Waals surface area contributed by atoms with Crippen molar-refractivity contribution in [1.82, 2.24) is 0 Å². The monoisotopic (exact) mass is 227 g/mol. The van der Waals surface area contributed by atoms with Crippen molar-refractivity contribution in [2.24, 2.45) is 0 Å². The van der Waals surface area contributed by atoms with Crippen LogP contribution in [0.15, 0.2) is 0 Å². The number of hydrogen-bond donors (Lipinski definition) is 0. The average molecular weight is 227 g/mol. The summed E-state index contributed by atoms with van der Waals surface area (Å²) in [5.74, 6) is 0. The summed E-state index contributed by atoms with van der Waals surface area (Å²) in [6.07, 6.45) is 1.63. The van der Waals surface area contributed by atoms with Gasteiger partial charge in [0.05, 0.1) is 25.7 Å². The lowest BCUT2D eigenvalue weighted by Gasteiger charge is -2.50. The SMILES string of the molecule is CC1(CC#N)CC[Si](C)(C)[Si](C)(C)O1. The lowest BCUT2D eigenvalue weighted by atomic mass is 10.0. The van der Waals surface area contributed by atoms with Crippen LogP contribution >= 0.6 is 0 Å². The second-order valence-corrected chi connectivity index (χ2v) is 20.9. The maximum atomic E-state index is 8.78. The molecular formula is C10H21NOSi2. The molecule has 1 atom stereocenters. The second-order valence-electron chi connectivity index (χ2n) is 5.78. The highest BCUT2D eigenvalue weighted by atomic mass is 29.3. The molecule has 0 aromatic carbocycles. The van der Waals surface area contributed by atoms with E-state index < -0.39 is 15.4 Å². The first kappa shape index (κ1) is 12.0. The summed E-state index contributed by atoms with van der Waals surface area (Å²) in [7, 11) is -2.63. The minimum Gasteiger partial charge on any atom is -0.414 e. The first-order chi connectivity index (χ1) is 6.22. The topological polar surface area (TPSA) is 33.0 Å². The van der Waals surface area contributed by atoms with Crippen molar-refractivity contribution in [2.45, 2.75) is 57.6 Å². The summed E-state index contributed by atoms with van der Waals surface area (Å²) in [6, 6.07) is 3.58. The quantitative estimate of drug-likeness (QED) is 0.645. The van der Waals surface area contributed by atoms with E-state index in [1.165, 1.54) is 6.04 Å². The summed E-state index contributed by atoms with van der Waals surface area (Å²) in [5, 5.41) is 8.78. The zero-order chi connectivity index (χ0) is 11.0. The van der Waals surface area contributed by atoms with E-state index in [0.29, 0.717) is 6.42 Å². The van der Waals surface area contributed by atoms with Crippen LogP contribution in [-0.2, 0) is 4.43 Å². The van der Waals surface area contributed by atoms with Crippen molar-refractivity contribution >= 4 is 15.4 Å². The molecule has 1 aliphatic heterocycles. The van der Waals surface area contributed by atoms with Crippen LogP contribution in [0.3, 0.4) is 0 Å². The van der Waals surface area contributed by atoms with Crippen molar-refractivity contribution in [3.05, 3.63) is 0 Å². The summed E-state index contributed by atoms with van der Waals surface area (Å²) in [5.41, 5.74) is -0.146. The molecule has 1 aliphatic rings. The summed E-state index contributed by atoms with van der Waals surface area (Å²) in [6.45, 7) is 11.6. The van der Waals surface area contributed by atoms with Gasteiger partial charge in [-0.15, -0.1) is 0 Å². The fraction of sp³-hybridized carbons (Fsp3) is 0.900. The Bertz CT molecular complexity index is 270. The zero-order valence-corrected chi connectivity index (χ0v) is 12.0. The first-order valence-corrected chi connectivity index (χ1v) is 12.4. The average Bonchev–Trinajstić information content (AvgIpc) is 1.98. The third-order valence-corrected chi connectivity index (χ3v) is 20.5. The van der Waals surface area contributed by atoms with Gasteiger partial charge in [-0.25, -0.2) is 0 Å². The molecule has 0 spiro atoms. The molecule has 1 rings (SSSR count). The Balaban J connectivity index is 2.83. The van der Waals surface area contributed by atoms with Gasteiger partial charge in [-0.1, -0.05) is 19.1 Å². The standard InChI is InChI=1S/C10H21NOSi2/c1-10(6-8-11)7-9-13(2,3)14(4,5)12-10/h6-7,9H2,1-5H3. The fourth-order valence-corrected chi connectivity index (χ4v) is 9.16. The lowest BCUT2D eigenvalue weighted by Crippen LogP contribution is -2.64. The zero-order valence-electron chi connectivity index (χ0n) is 9.98. The Morgan fingerprint density at radius 3 is 2.36 bits per heavy atom. The normalized spacial score (nSPS) is 34.9. The van der Waals surface area contributed by atoms with E-state index in [4.69, 9.17) is 9.69 Å². The van der Waals surface area contributed by atoms with Crippen LogP contribution in [0, 0.1) is 11.3 Å². The molecule has 0 saturated carbocycles. The minimum absolute atomic E-state index is 0.146. The predicted molar refractivity (Wildman–Crippen MR) is 64.1 cm³/mol. The molecule has 0 amide bonds. The van der Waals surface area contributed by atoms with Crippen LogP contribution in [-0.4, -0.2) is 21.0 Å². The molecule has 0 N–H and O–H groups in total. The molecule has 2 nitrogen and oxygen atoms in total. The van der Waals surface area contributed by atoms with E-state index in [-0.39, 0.29) is 5.60 Å². The molecule has 0 aromatic heterocycles. The number of rotatable bonds is 1. The molecule has 80 valence electrons. The third-order valence-electron chi connectivity index (χ3n) is 3.86. The van der Waals surface area contributed by atoms with E-state index in [1.807, 2.05) is 0 Å². The Hall–Kier alpha value is -0.116. The Morgan fingerprint density at radius 1 is 1.36 bits per heavy atom. The Kier molecular flexibility index (Phi) is 2.97. The van der Waals surface area contributed by atoms with Gasteiger partial charge < -0.3 is 4.43 Å². The number of nitrogens with zero attached hydrogens (tertiary/aromatic N) is 1. The maximum Gasteiger partial charge on any atom is 0.174 e. The van der Waals surface area contributed by atoms with Gasteiger partial charge in [0.25, 0.3) is 0 Å². The van der Waals surface area contributed by atoms with Crippen LogP contribution in [0.2, 0.25) is 32.2 Å². The highest BCUT2D eigenvalue weighted by molar-refractivity contribution is 7.38. The molecule has 1 fully saturated rings. The molecular weight excluding hydrogens is 206 g/mol. The molecule has 1 saturated heterocycles. The van der Waals surface area contributed by atoms with Crippen molar-refractivity contribution < 1.29 is 4.43 Å². The van der Waals surface area contributed by atoms with E-state index >= 15 is 0 Å². The lowest BCUT2D eigenvalue weighted by molar-refractivity contribution is 0.0778. The highest BCUT2D eigenvalue weighted by Crippen LogP contribution is 2.40. The van der Waals surface area contributed by atoms with Crippen molar-refractivity contribution in [3.63, 3.8) is 0 Å². The second kappa shape index (κ2) is 3.47. The Labute approximate surface area is 89.2 Å². The van der Waals surface area contributed by atoms with Gasteiger partial charge in [-0.3, -0.25) is 0 Å². The minimum atomic E-state index is -1.50. The van der Waals surface area contributed by atoms with Gasteiger partial charge in [-0.05, 0) is 26.4 Å². The van der Waals surface area contributed by atoms with Gasteiger partial charge in [0.1, 0.15) is 0 Å². The van der Waals surface area contributed by atoms with Crippen LogP contribution in [0.25, 0.3) is 0 Å². The molecule has 0 aromatic rings.